The van der Waals surface area contributed by atoms with Crippen molar-refractivity contribution in [3.8, 4) is 0 Å². The molecule has 0 bridgehead atoms. The van der Waals surface area contributed by atoms with E-state index in [1.54, 1.807) is 24.4 Å². The highest BCUT2D eigenvalue weighted by molar-refractivity contribution is 5.97. The molecule has 0 atom stereocenters. The second kappa shape index (κ2) is 7.95. The predicted molar refractivity (Wildman–Crippen MR) is 110 cm³/mol. The zero-order valence-corrected chi connectivity index (χ0v) is 16.6. The van der Waals surface area contributed by atoms with Gasteiger partial charge in [0.2, 0.25) is 0 Å². The van der Waals surface area contributed by atoms with Crippen molar-refractivity contribution >= 4 is 22.8 Å². The van der Waals surface area contributed by atoms with Gasteiger partial charge in [0.25, 0.3) is 11.8 Å². The SMILES string of the molecule is Cc1nc2ccc(C(=O)N3CCC(NC(=O)c4ccccn4)CC3)cc2nc1C. The van der Waals surface area contributed by atoms with Crippen molar-refractivity contribution in [2.75, 3.05) is 13.1 Å². The Bertz CT molecular complexity index is 1060. The molecule has 0 unspecified atom stereocenters. The molecule has 0 spiro atoms. The largest absolute Gasteiger partial charge is 0.348 e. The third-order valence-corrected chi connectivity index (χ3v) is 5.34. The van der Waals surface area contributed by atoms with Crippen LogP contribution in [0.5, 0.6) is 0 Å². The van der Waals surface area contributed by atoms with E-state index in [2.05, 4.69) is 20.3 Å². The number of fused-ring (bicyclic) bond motifs is 1. The maximum absolute atomic E-state index is 12.9. The van der Waals surface area contributed by atoms with Crippen LogP contribution in [0, 0.1) is 13.8 Å². The van der Waals surface area contributed by atoms with Crippen LogP contribution in [0.1, 0.15) is 45.1 Å². The van der Waals surface area contributed by atoms with Crippen LogP contribution in [0.3, 0.4) is 0 Å². The molecule has 1 aliphatic rings. The van der Waals surface area contributed by atoms with E-state index in [-0.39, 0.29) is 17.9 Å². The Morgan fingerprint density at radius 2 is 1.72 bits per heavy atom. The van der Waals surface area contributed by atoms with Gasteiger partial charge in [0, 0.05) is 30.9 Å². The number of hydrogen-bond donors (Lipinski definition) is 1. The number of piperidine rings is 1. The van der Waals surface area contributed by atoms with Crippen molar-refractivity contribution in [3.05, 3.63) is 65.2 Å². The molecular formula is C22H23N5O2. The predicted octanol–water partition coefficient (Wildman–Crippen LogP) is 2.68. The summed E-state index contributed by atoms with van der Waals surface area (Å²) in [4.78, 5) is 40.2. The van der Waals surface area contributed by atoms with Crippen molar-refractivity contribution in [1.29, 1.82) is 0 Å². The van der Waals surface area contributed by atoms with Gasteiger partial charge in [0.15, 0.2) is 0 Å². The van der Waals surface area contributed by atoms with Crippen molar-refractivity contribution < 1.29 is 9.59 Å². The van der Waals surface area contributed by atoms with Gasteiger partial charge in [-0.15, -0.1) is 0 Å². The van der Waals surface area contributed by atoms with E-state index in [1.165, 1.54) is 0 Å². The van der Waals surface area contributed by atoms with Crippen LogP contribution in [-0.4, -0.2) is 50.8 Å². The second-order valence-electron chi connectivity index (χ2n) is 7.35. The number of benzene rings is 1. The highest BCUT2D eigenvalue weighted by Crippen LogP contribution is 2.18. The van der Waals surface area contributed by atoms with E-state index in [0.29, 0.717) is 24.3 Å². The van der Waals surface area contributed by atoms with Crippen molar-refractivity contribution in [2.24, 2.45) is 0 Å². The van der Waals surface area contributed by atoms with Crippen LogP contribution >= 0.6 is 0 Å². The van der Waals surface area contributed by atoms with Gasteiger partial charge in [0.05, 0.1) is 22.4 Å². The van der Waals surface area contributed by atoms with Crippen LogP contribution in [0.4, 0.5) is 0 Å². The first kappa shape index (κ1) is 19.0. The van der Waals surface area contributed by atoms with Gasteiger partial charge in [0.1, 0.15) is 5.69 Å². The number of aromatic nitrogens is 3. The van der Waals surface area contributed by atoms with E-state index in [1.807, 2.05) is 36.9 Å². The molecule has 1 saturated heterocycles. The molecule has 7 nitrogen and oxygen atoms in total. The van der Waals surface area contributed by atoms with Gasteiger partial charge < -0.3 is 10.2 Å². The first-order valence-electron chi connectivity index (χ1n) is 9.77. The van der Waals surface area contributed by atoms with Gasteiger partial charge in [-0.05, 0) is 57.0 Å². The summed E-state index contributed by atoms with van der Waals surface area (Å²) in [6.45, 7) is 5.04. The lowest BCUT2D eigenvalue weighted by Gasteiger charge is -2.32. The first-order chi connectivity index (χ1) is 14.0. The minimum absolute atomic E-state index is 0.0126. The third-order valence-electron chi connectivity index (χ3n) is 5.34. The molecule has 0 radical (unpaired) electrons. The number of pyridine rings is 1. The normalized spacial score (nSPS) is 14.8. The summed E-state index contributed by atoms with van der Waals surface area (Å²) in [5, 5.41) is 3.01. The zero-order chi connectivity index (χ0) is 20.4. The molecule has 1 aliphatic heterocycles. The second-order valence-corrected chi connectivity index (χ2v) is 7.35. The quantitative estimate of drug-likeness (QED) is 0.744. The topological polar surface area (TPSA) is 88.1 Å². The zero-order valence-electron chi connectivity index (χ0n) is 16.6. The molecule has 1 N–H and O–H groups in total. The molecule has 4 rings (SSSR count). The molecule has 29 heavy (non-hydrogen) atoms. The smallest absolute Gasteiger partial charge is 0.270 e. The van der Waals surface area contributed by atoms with E-state index in [4.69, 9.17) is 0 Å². The van der Waals surface area contributed by atoms with Gasteiger partial charge in [-0.3, -0.25) is 14.6 Å². The highest BCUT2D eigenvalue weighted by atomic mass is 16.2. The molecule has 7 heteroatoms. The molecule has 2 amide bonds. The Hall–Kier alpha value is -3.35. The fourth-order valence-corrected chi connectivity index (χ4v) is 3.53. The summed E-state index contributed by atoms with van der Waals surface area (Å²) in [5.74, 6) is -0.185. The molecule has 148 valence electrons. The number of rotatable bonds is 3. The summed E-state index contributed by atoms with van der Waals surface area (Å²) >= 11 is 0. The monoisotopic (exact) mass is 389 g/mol. The first-order valence-corrected chi connectivity index (χ1v) is 9.77. The maximum Gasteiger partial charge on any atom is 0.270 e. The number of nitrogens with zero attached hydrogens (tertiary/aromatic N) is 4. The summed E-state index contributed by atoms with van der Waals surface area (Å²) in [7, 11) is 0. The molecule has 3 aromatic rings. The highest BCUT2D eigenvalue weighted by Gasteiger charge is 2.25. The van der Waals surface area contributed by atoms with Crippen LogP contribution in [0.2, 0.25) is 0 Å². The molecule has 0 saturated carbocycles. The Labute approximate surface area is 169 Å². The van der Waals surface area contributed by atoms with Crippen LogP contribution < -0.4 is 5.32 Å². The van der Waals surface area contributed by atoms with Gasteiger partial charge in [-0.1, -0.05) is 6.07 Å². The standard InChI is InChI=1S/C22H23N5O2/c1-14-15(2)25-20-13-16(6-7-18(20)24-14)22(29)27-11-8-17(9-12-27)26-21(28)19-5-3-4-10-23-19/h3-7,10,13,17H,8-9,11-12H2,1-2H3,(H,26,28). The Kier molecular flexibility index (Phi) is 5.20. The summed E-state index contributed by atoms with van der Waals surface area (Å²) < 4.78 is 0. The number of hydrogen-bond acceptors (Lipinski definition) is 5. The Morgan fingerprint density at radius 3 is 2.41 bits per heavy atom. The average molecular weight is 389 g/mol. The number of carbonyl (C=O) groups is 2. The van der Waals surface area contributed by atoms with Gasteiger partial charge in [-0.2, -0.15) is 0 Å². The Balaban J connectivity index is 1.39. The number of aryl methyl sites for hydroxylation is 2. The molecule has 0 aliphatic carbocycles. The summed E-state index contributed by atoms with van der Waals surface area (Å²) in [6.07, 6.45) is 3.04. The summed E-state index contributed by atoms with van der Waals surface area (Å²) in [6, 6.07) is 10.8. The molecular weight excluding hydrogens is 366 g/mol. The lowest BCUT2D eigenvalue weighted by molar-refractivity contribution is 0.0698. The van der Waals surface area contributed by atoms with E-state index in [0.717, 1.165) is 35.3 Å². The number of amides is 2. The molecule has 3 heterocycles. The van der Waals surface area contributed by atoms with E-state index >= 15 is 0 Å². The molecule has 2 aromatic heterocycles. The van der Waals surface area contributed by atoms with Crippen molar-refractivity contribution in [1.82, 2.24) is 25.2 Å². The molecule has 1 aromatic carbocycles. The average Bonchev–Trinajstić information content (AvgIpc) is 2.75. The van der Waals surface area contributed by atoms with E-state index in [9.17, 15) is 9.59 Å². The van der Waals surface area contributed by atoms with Gasteiger partial charge >= 0.3 is 0 Å². The minimum atomic E-state index is -0.172. The lowest BCUT2D eigenvalue weighted by Crippen LogP contribution is -2.46. The third kappa shape index (κ3) is 4.08. The molecule has 1 fully saturated rings. The summed E-state index contributed by atoms with van der Waals surface area (Å²) in [5.41, 5.74) is 4.31. The van der Waals surface area contributed by atoms with Gasteiger partial charge in [-0.25, -0.2) is 9.97 Å². The number of carbonyl (C=O) groups excluding carboxylic acids is 2. The Morgan fingerprint density at radius 1 is 1.00 bits per heavy atom. The maximum atomic E-state index is 12.9. The lowest BCUT2D eigenvalue weighted by atomic mass is 10.0. The van der Waals surface area contributed by atoms with Crippen LogP contribution in [0.15, 0.2) is 42.6 Å². The van der Waals surface area contributed by atoms with Crippen molar-refractivity contribution in [2.45, 2.75) is 32.7 Å². The van der Waals surface area contributed by atoms with Crippen LogP contribution in [-0.2, 0) is 0 Å². The number of likely N-dealkylation sites (tertiary alicyclic amines) is 1. The van der Waals surface area contributed by atoms with E-state index < -0.39 is 0 Å². The van der Waals surface area contributed by atoms with Crippen LogP contribution in [0.25, 0.3) is 11.0 Å². The fraction of sp³-hybridized carbons (Fsp3) is 0.318. The fourth-order valence-electron chi connectivity index (χ4n) is 3.53. The minimum Gasteiger partial charge on any atom is -0.348 e. The number of nitrogens with one attached hydrogen (secondary N) is 1. The van der Waals surface area contributed by atoms with Crippen molar-refractivity contribution in [3.63, 3.8) is 0 Å².